The molecule has 0 spiro atoms. The highest BCUT2D eigenvalue weighted by Gasteiger charge is 2.15. The first-order valence-electron chi connectivity index (χ1n) is 9.29. The van der Waals surface area contributed by atoms with E-state index in [1.165, 1.54) is 17.7 Å². The molecule has 5 heteroatoms. The van der Waals surface area contributed by atoms with E-state index in [9.17, 15) is 9.59 Å². The minimum atomic E-state index is -0.998. The molecule has 5 nitrogen and oxygen atoms in total. The molecule has 0 aliphatic rings. The van der Waals surface area contributed by atoms with Crippen LogP contribution in [0.5, 0.6) is 0 Å². The van der Waals surface area contributed by atoms with Crippen molar-refractivity contribution in [1.29, 1.82) is 0 Å². The molecule has 4 rings (SSSR count). The van der Waals surface area contributed by atoms with Crippen LogP contribution in [-0.4, -0.2) is 21.6 Å². The lowest BCUT2D eigenvalue weighted by atomic mass is 10.1. The topological polar surface area (TPSA) is 71.3 Å². The Bertz CT molecular complexity index is 1190. The summed E-state index contributed by atoms with van der Waals surface area (Å²) in [5.74, 6) is -1.23. The normalized spacial score (nSPS) is 10.8. The Hall–Kier alpha value is -3.86. The molecule has 0 bridgehead atoms. The summed E-state index contributed by atoms with van der Waals surface area (Å²) in [6, 6.07) is 22.3. The van der Waals surface area contributed by atoms with Gasteiger partial charge in [-0.25, -0.2) is 4.79 Å². The van der Waals surface area contributed by atoms with Gasteiger partial charge in [0.2, 0.25) is 0 Å². The van der Waals surface area contributed by atoms with Crippen molar-refractivity contribution in [3.05, 3.63) is 101 Å². The van der Waals surface area contributed by atoms with Crippen LogP contribution in [0.4, 0.5) is 5.69 Å². The molecule has 4 aromatic rings. The van der Waals surface area contributed by atoms with E-state index in [0.717, 1.165) is 16.5 Å². The Kier molecular flexibility index (Phi) is 4.87. The van der Waals surface area contributed by atoms with Crippen molar-refractivity contribution in [1.82, 2.24) is 4.57 Å². The van der Waals surface area contributed by atoms with Gasteiger partial charge < -0.3 is 15.0 Å². The Morgan fingerprint density at radius 3 is 2.31 bits per heavy atom. The SMILES string of the molecule is Cc1ccc(Cn2cc(C(=O)Nc3ccc(C(=O)O)cc3)c3ccccc32)cc1. The maximum absolute atomic E-state index is 12.9. The summed E-state index contributed by atoms with van der Waals surface area (Å²) in [7, 11) is 0. The number of nitrogens with one attached hydrogen (secondary N) is 1. The molecule has 0 radical (unpaired) electrons. The second-order valence-corrected chi connectivity index (χ2v) is 7.01. The van der Waals surface area contributed by atoms with E-state index in [4.69, 9.17) is 5.11 Å². The van der Waals surface area contributed by atoms with Gasteiger partial charge in [0.05, 0.1) is 11.1 Å². The van der Waals surface area contributed by atoms with Crippen LogP contribution in [0.2, 0.25) is 0 Å². The summed E-state index contributed by atoms with van der Waals surface area (Å²) in [4.78, 5) is 23.9. The lowest BCUT2D eigenvalue weighted by Gasteiger charge is -2.06. The van der Waals surface area contributed by atoms with E-state index < -0.39 is 5.97 Å². The summed E-state index contributed by atoms with van der Waals surface area (Å²) >= 11 is 0. The number of carboxylic acids is 1. The van der Waals surface area contributed by atoms with Gasteiger partial charge in [0.25, 0.3) is 5.91 Å². The average Bonchev–Trinajstić information content (AvgIpc) is 3.09. The van der Waals surface area contributed by atoms with Crippen molar-refractivity contribution in [3.8, 4) is 0 Å². The van der Waals surface area contributed by atoms with E-state index in [1.54, 1.807) is 12.1 Å². The highest BCUT2D eigenvalue weighted by Crippen LogP contribution is 2.24. The number of amides is 1. The zero-order valence-corrected chi connectivity index (χ0v) is 15.9. The van der Waals surface area contributed by atoms with Gasteiger partial charge >= 0.3 is 5.97 Å². The summed E-state index contributed by atoms with van der Waals surface area (Å²) in [6.07, 6.45) is 1.87. The Morgan fingerprint density at radius 1 is 0.931 bits per heavy atom. The molecule has 1 aromatic heterocycles. The van der Waals surface area contributed by atoms with Crippen LogP contribution < -0.4 is 5.32 Å². The maximum Gasteiger partial charge on any atom is 0.335 e. The number of aromatic carboxylic acids is 1. The fourth-order valence-corrected chi connectivity index (χ4v) is 3.34. The Labute approximate surface area is 168 Å². The van der Waals surface area contributed by atoms with Crippen molar-refractivity contribution in [2.24, 2.45) is 0 Å². The van der Waals surface area contributed by atoms with E-state index in [1.807, 2.05) is 30.5 Å². The molecule has 0 fully saturated rings. The lowest BCUT2D eigenvalue weighted by molar-refractivity contribution is 0.0696. The Balaban J connectivity index is 1.63. The highest BCUT2D eigenvalue weighted by atomic mass is 16.4. The number of carboxylic acid groups (broad SMARTS) is 1. The number of benzene rings is 3. The zero-order valence-electron chi connectivity index (χ0n) is 15.9. The van der Waals surface area contributed by atoms with Gasteiger partial charge in [-0.15, -0.1) is 0 Å². The van der Waals surface area contributed by atoms with Gasteiger partial charge in [0, 0.05) is 29.3 Å². The first-order valence-corrected chi connectivity index (χ1v) is 9.29. The zero-order chi connectivity index (χ0) is 20.4. The minimum Gasteiger partial charge on any atom is -0.478 e. The number of para-hydroxylation sites is 1. The molecule has 144 valence electrons. The average molecular weight is 384 g/mol. The fraction of sp³-hybridized carbons (Fsp3) is 0.0833. The third-order valence-electron chi connectivity index (χ3n) is 4.90. The molecule has 1 amide bonds. The first-order chi connectivity index (χ1) is 14.0. The van der Waals surface area contributed by atoms with E-state index in [-0.39, 0.29) is 11.5 Å². The van der Waals surface area contributed by atoms with Gasteiger partial charge in [-0.3, -0.25) is 4.79 Å². The van der Waals surface area contributed by atoms with Gasteiger partial charge in [0.15, 0.2) is 0 Å². The molecule has 0 atom stereocenters. The first kappa shape index (κ1) is 18.5. The highest BCUT2D eigenvalue weighted by molar-refractivity contribution is 6.13. The maximum atomic E-state index is 12.9. The van der Waals surface area contributed by atoms with Crippen molar-refractivity contribution < 1.29 is 14.7 Å². The molecule has 0 saturated heterocycles. The quantitative estimate of drug-likeness (QED) is 0.511. The van der Waals surface area contributed by atoms with Gasteiger partial charge in [-0.2, -0.15) is 0 Å². The van der Waals surface area contributed by atoms with Gasteiger partial charge in [-0.1, -0.05) is 48.0 Å². The molecule has 2 N–H and O–H groups in total. The van der Waals surface area contributed by atoms with Crippen LogP contribution in [0, 0.1) is 6.92 Å². The number of fused-ring (bicyclic) bond motifs is 1. The predicted octanol–water partition coefficient (Wildman–Crippen LogP) is 4.95. The minimum absolute atomic E-state index is 0.178. The third-order valence-corrected chi connectivity index (χ3v) is 4.90. The third kappa shape index (κ3) is 3.89. The summed E-state index contributed by atoms with van der Waals surface area (Å²) in [5, 5.41) is 12.7. The molecule has 0 unspecified atom stereocenters. The summed E-state index contributed by atoms with van der Waals surface area (Å²) in [5.41, 5.74) is 4.66. The largest absolute Gasteiger partial charge is 0.478 e. The van der Waals surface area contributed by atoms with Crippen LogP contribution in [0.1, 0.15) is 31.8 Å². The number of carbonyl (C=O) groups is 2. The number of hydrogen-bond donors (Lipinski definition) is 2. The number of anilines is 1. The molecular formula is C24H20N2O3. The lowest BCUT2D eigenvalue weighted by Crippen LogP contribution is -2.11. The Morgan fingerprint density at radius 2 is 1.62 bits per heavy atom. The fourth-order valence-electron chi connectivity index (χ4n) is 3.34. The van der Waals surface area contributed by atoms with Crippen LogP contribution in [0.15, 0.2) is 79.0 Å². The van der Waals surface area contributed by atoms with Gasteiger partial charge in [-0.05, 0) is 42.8 Å². The molecule has 3 aromatic carbocycles. The van der Waals surface area contributed by atoms with Crippen molar-refractivity contribution in [2.75, 3.05) is 5.32 Å². The van der Waals surface area contributed by atoms with E-state index >= 15 is 0 Å². The number of nitrogens with zero attached hydrogens (tertiary/aromatic N) is 1. The molecule has 0 saturated carbocycles. The number of rotatable bonds is 5. The van der Waals surface area contributed by atoms with Crippen molar-refractivity contribution in [3.63, 3.8) is 0 Å². The molecule has 0 aliphatic heterocycles. The van der Waals surface area contributed by atoms with E-state index in [2.05, 4.69) is 41.1 Å². The van der Waals surface area contributed by atoms with Crippen LogP contribution in [0.25, 0.3) is 10.9 Å². The number of aryl methyl sites for hydroxylation is 1. The smallest absolute Gasteiger partial charge is 0.335 e. The monoisotopic (exact) mass is 384 g/mol. The predicted molar refractivity (Wildman–Crippen MR) is 114 cm³/mol. The standard InChI is InChI=1S/C24H20N2O3/c1-16-6-8-17(9-7-16)14-26-15-21(20-4-2-3-5-22(20)26)23(27)25-19-12-10-18(11-13-19)24(28)29/h2-13,15H,14H2,1H3,(H,25,27)(H,28,29). The molecular weight excluding hydrogens is 364 g/mol. The summed E-state index contributed by atoms with van der Waals surface area (Å²) < 4.78 is 2.07. The van der Waals surface area contributed by atoms with Crippen LogP contribution >= 0.6 is 0 Å². The summed E-state index contributed by atoms with van der Waals surface area (Å²) in [6.45, 7) is 2.72. The number of carbonyl (C=O) groups excluding carboxylic acids is 1. The van der Waals surface area contributed by atoms with Crippen molar-refractivity contribution >= 4 is 28.5 Å². The molecule has 29 heavy (non-hydrogen) atoms. The van der Waals surface area contributed by atoms with E-state index in [0.29, 0.717) is 17.8 Å². The van der Waals surface area contributed by atoms with Crippen LogP contribution in [0.3, 0.4) is 0 Å². The van der Waals surface area contributed by atoms with Crippen molar-refractivity contribution in [2.45, 2.75) is 13.5 Å². The number of hydrogen-bond acceptors (Lipinski definition) is 2. The van der Waals surface area contributed by atoms with Crippen LogP contribution in [-0.2, 0) is 6.54 Å². The molecule has 0 aliphatic carbocycles. The second kappa shape index (κ2) is 7.64. The molecule has 1 heterocycles. The second-order valence-electron chi connectivity index (χ2n) is 7.01. The van der Waals surface area contributed by atoms with Gasteiger partial charge in [0.1, 0.15) is 0 Å². The number of aromatic nitrogens is 1.